The van der Waals surface area contributed by atoms with Crippen molar-refractivity contribution in [3.05, 3.63) is 0 Å². The van der Waals surface area contributed by atoms with Gasteiger partial charge in [-0.3, -0.25) is 9.69 Å². The lowest BCUT2D eigenvalue weighted by Crippen LogP contribution is -2.47. The van der Waals surface area contributed by atoms with Crippen LogP contribution in [0.3, 0.4) is 0 Å². The van der Waals surface area contributed by atoms with Gasteiger partial charge in [0.05, 0.1) is 19.9 Å². The topological polar surface area (TPSA) is 70.1 Å². The number of hydrogen-bond acceptors (Lipinski definition) is 4. The van der Waals surface area contributed by atoms with Crippen molar-refractivity contribution in [3.63, 3.8) is 0 Å². The van der Waals surface area contributed by atoms with Gasteiger partial charge >= 0.3 is 5.97 Å². The Hall–Kier alpha value is -1.14. The first-order valence-corrected chi connectivity index (χ1v) is 5.87. The zero-order valence-electron chi connectivity index (χ0n) is 10.1. The number of carboxylic acids is 1. The molecule has 0 aromatic carbocycles. The average molecular weight is 242 g/mol. The summed E-state index contributed by atoms with van der Waals surface area (Å²) in [6, 6.07) is -1.03. The summed E-state index contributed by atoms with van der Waals surface area (Å²) >= 11 is 0. The van der Waals surface area contributed by atoms with E-state index in [9.17, 15) is 14.7 Å². The van der Waals surface area contributed by atoms with Crippen molar-refractivity contribution in [3.8, 4) is 0 Å². The second kappa shape index (κ2) is 4.62. The zero-order valence-corrected chi connectivity index (χ0v) is 10.1. The van der Waals surface area contributed by atoms with E-state index in [1.165, 1.54) is 4.90 Å². The maximum absolute atomic E-state index is 12.1. The number of ether oxygens (including phenoxy) is 1. The first-order valence-electron chi connectivity index (χ1n) is 5.87. The van der Waals surface area contributed by atoms with E-state index in [2.05, 4.69) is 0 Å². The highest BCUT2D eigenvalue weighted by Crippen LogP contribution is 2.23. The van der Waals surface area contributed by atoms with Crippen molar-refractivity contribution in [2.24, 2.45) is 5.92 Å². The molecule has 2 rings (SSSR count). The van der Waals surface area contributed by atoms with Crippen LogP contribution in [0, 0.1) is 5.92 Å². The van der Waals surface area contributed by atoms with Gasteiger partial charge in [-0.05, 0) is 5.92 Å². The summed E-state index contributed by atoms with van der Waals surface area (Å²) in [4.78, 5) is 26.8. The van der Waals surface area contributed by atoms with Crippen LogP contribution in [0.1, 0.15) is 13.8 Å². The molecule has 0 bridgehead atoms. The third-order valence-corrected chi connectivity index (χ3v) is 3.36. The molecule has 1 unspecified atom stereocenters. The summed E-state index contributed by atoms with van der Waals surface area (Å²) < 4.78 is 5.27. The molecule has 2 saturated heterocycles. The molecule has 96 valence electrons. The molecule has 0 radical (unpaired) electrons. The largest absolute Gasteiger partial charge is 0.480 e. The molecule has 0 aliphatic carbocycles. The van der Waals surface area contributed by atoms with Crippen LogP contribution >= 0.6 is 0 Å². The molecular weight excluding hydrogens is 224 g/mol. The Morgan fingerprint density at radius 1 is 1.53 bits per heavy atom. The minimum atomic E-state index is -0.936. The first kappa shape index (κ1) is 12.3. The minimum Gasteiger partial charge on any atom is -0.480 e. The standard InChI is InChI=1S/C11H18N2O4/c1-7(2)9(11(15)16)13-6-12-3-4-17-5-8(12)10(13)14/h7-9H,3-6H2,1-2H3,(H,15,16)/t8?,9-/m0/s1. The van der Waals surface area contributed by atoms with Crippen molar-refractivity contribution in [1.29, 1.82) is 0 Å². The fraction of sp³-hybridized carbons (Fsp3) is 0.818. The Morgan fingerprint density at radius 3 is 2.76 bits per heavy atom. The molecule has 2 heterocycles. The van der Waals surface area contributed by atoms with Gasteiger partial charge in [-0.1, -0.05) is 13.8 Å². The Kier molecular flexibility index (Phi) is 3.35. The smallest absolute Gasteiger partial charge is 0.326 e. The second-order valence-electron chi connectivity index (χ2n) is 4.88. The lowest BCUT2D eigenvalue weighted by atomic mass is 10.0. The van der Waals surface area contributed by atoms with Crippen LogP contribution in [0.4, 0.5) is 0 Å². The summed E-state index contributed by atoms with van der Waals surface area (Å²) in [5.41, 5.74) is 0. The van der Waals surface area contributed by atoms with Gasteiger partial charge in [-0.2, -0.15) is 0 Å². The molecule has 2 fully saturated rings. The summed E-state index contributed by atoms with van der Waals surface area (Å²) in [5, 5.41) is 9.21. The Balaban J connectivity index is 2.16. The van der Waals surface area contributed by atoms with E-state index < -0.39 is 12.0 Å². The number of morpholine rings is 1. The molecule has 2 aliphatic heterocycles. The van der Waals surface area contributed by atoms with Crippen molar-refractivity contribution in [1.82, 2.24) is 9.80 Å². The number of hydrogen-bond donors (Lipinski definition) is 1. The van der Waals surface area contributed by atoms with E-state index >= 15 is 0 Å². The molecule has 2 aliphatic rings. The molecule has 0 aromatic rings. The van der Waals surface area contributed by atoms with Crippen molar-refractivity contribution in [2.45, 2.75) is 25.9 Å². The van der Waals surface area contributed by atoms with Gasteiger partial charge < -0.3 is 14.7 Å². The Labute approximate surface area is 100 Å². The lowest BCUT2D eigenvalue weighted by Gasteiger charge is -2.27. The number of nitrogens with zero attached hydrogens (tertiary/aromatic N) is 2. The maximum Gasteiger partial charge on any atom is 0.326 e. The third kappa shape index (κ3) is 2.14. The van der Waals surface area contributed by atoms with E-state index in [1.807, 2.05) is 18.7 Å². The van der Waals surface area contributed by atoms with Crippen LogP contribution in [-0.2, 0) is 14.3 Å². The predicted octanol–water partition coefficient (Wildman–Crippen LogP) is -0.404. The predicted molar refractivity (Wildman–Crippen MR) is 59.3 cm³/mol. The highest BCUT2D eigenvalue weighted by atomic mass is 16.5. The van der Waals surface area contributed by atoms with Gasteiger partial charge in [0, 0.05) is 6.54 Å². The number of carboxylic acid groups (broad SMARTS) is 1. The van der Waals surface area contributed by atoms with Crippen molar-refractivity contribution < 1.29 is 19.4 Å². The number of fused-ring (bicyclic) bond motifs is 1. The minimum absolute atomic E-state index is 0.0984. The normalized spacial score (nSPS) is 27.4. The van der Waals surface area contributed by atoms with E-state index in [4.69, 9.17) is 4.74 Å². The molecular formula is C11H18N2O4. The van der Waals surface area contributed by atoms with Gasteiger partial charge in [0.15, 0.2) is 0 Å². The molecule has 2 atom stereocenters. The molecule has 6 nitrogen and oxygen atoms in total. The number of amides is 1. The van der Waals surface area contributed by atoms with Crippen molar-refractivity contribution >= 4 is 11.9 Å². The fourth-order valence-corrected chi connectivity index (χ4v) is 2.49. The lowest BCUT2D eigenvalue weighted by molar-refractivity contribution is -0.150. The molecule has 1 amide bonds. The number of carbonyl (C=O) groups excluding carboxylic acids is 1. The average Bonchev–Trinajstić information content (AvgIpc) is 2.56. The SMILES string of the molecule is CC(C)[C@@H](C(=O)O)N1CN2CCOCC2C1=O. The van der Waals surface area contributed by atoms with Crippen LogP contribution in [-0.4, -0.2) is 65.3 Å². The van der Waals surface area contributed by atoms with E-state index in [0.29, 0.717) is 26.4 Å². The van der Waals surface area contributed by atoms with E-state index in [0.717, 1.165) is 0 Å². The second-order valence-corrected chi connectivity index (χ2v) is 4.88. The molecule has 0 spiro atoms. The summed E-state index contributed by atoms with van der Waals surface area (Å²) in [5.74, 6) is -1.15. The summed E-state index contributed by atoms with van der Waals surface area (Å²) in [6.45, 7) is 5.72. The molecule has 0 aromatic heterocycles. The molecule has 17 heavy (non-hydrogen) atoms. The van der Waals surface area contributed by atoms with Crippen LogP contribution in [0.2, 0.25) is 0 Å². The summed E-state index contributed by atoms with van der Waals surface area (Å²) in [7, 11) is 0. The third-order valence-electron chi connectivity index (χ3n) is 3.36. The van der Waals surface area contributed by atoms with Gasteiger partial charge in [0.2, 0.25) is 5.91 Å². The van der Waals surface area contributed by atoms with Crippen molar-refractivity contribution in [2.75, 3.05) is 26.4 Å². The van der Waals surface area contributed by atoms with Crippen LogP contribution in [0.5, 0.6) is 0 Å². The van der Waals surface area contributed by atoms with E-state index in [-0.39, 0.29) is 17.9 Å². The van der Waals surface area contributed by atoms with Crippen LogP contribution < -0.4 is 0 Å². The quantitative estimate of drug-likeness (QED) is 0.729. The molecule has 6 heteroatoms. The van der Waals surface area contributed by atoms with Gasteiger partial charge in [-0.25, -0.2) is 4.79 Å². The Bertz CT molecular complexity index is 331. The highest BCUT2D eigenvalue weighted by molar-refractivity contribution is 5.88. The number of carbonyl (C=O) groups is 2. The maximum atomic E-state index is 12.1. The van der Waals surface area contributed by atoms with Gasteiger partial charge in [-0.15, -0.1) is 0 Å². The van der Waals surface area contributed by atoms with Gasteiger partial charge in [0.25, 0.3) is 0 Å². The molecule has 1 N–H and O–H groups in total. The van der Waals surface area contributed by atoms with Crippen LogP contribution in [0.15, 0.2) is 0 Å². The number of aliphatic carboxylic acids is 1. The first-order chi connectivity index (χ1) is 8.02. The monoisotopic (exact) mass is 242 g/mol. The van der Waals surface area contributed by atoms with Gasteiger partial charge in [0.1, 0.15) is 12.1 Å². The number of rotatable bonds is 3. The zero-order chi connectivity index (χ0) is 12.6. The van der Waals surface area contributed by atoms with Crippen LogP contribution in [0.25, 0.3) is 0 Å². The summed E-state index contributed by atoms with van der Waals surface area (Å²) in [6.07, 6.45) is 0. The molecule has 0 saturated carbocycles. The Morgan fingerprint density at radius 2 is 2.24 bits per heavy atom. The fourth-order valence-electron chi connectivity index (χ4n) is 2.49. The highest BCUT2D eigenvalue weighted by Gasteiger charge is 2.45. The van der Waals surface area contributed by atoms with E-state index in [1.54, 1.807) is 0 Å².